The lowest BCUT2D eigenvalue weighted by Gasteiger charge is -2.22. The highest BCUT2D eigenvalue weighted by Crippen LogP contribution is 2.19. The number of thioether (sulfide) groups is 1. The van der Waals surface area contributed by atoms with Crippen LogP contribution in [0, 0.1) is 0 Å². The van der Waals surface area contributed by atoms with Crippen LogP contribution >= 0.6 is 11.8 Å². The van der Waals surface area contributed by atoms with Gasteiger partial charge >= 0.3 is 0 Å². The van der Waals surface area contributed by atoms with Gasteiger partial charge in [-0.05, 0) is 45.1 Å². The molecule has 0 aliphatic carbocycles. The smallest absolute Gasteiger partial charge is 0.0225 e. The third-order valence-electron chi connectivity index (χ3n) is 2.77. The number of benzene rings is 1. The van der Waals surface area contributed by atoms with Crippen molar-refractivity contribution in [1.82, 2.24) is 5.32 Å². The Kier molecular flexibility index (Phi) is 5.93. The van der Waals surface area contributed by atoms with Crippen molar-refractivity contribution >= 4 is 11.8 Å². The average molecular weight is 237 g/mol. The molecule has 1 rings (SSSR count). The lowest BCUT2D eigenvalue weighted by molar-refractivity contribution is 0.576. The molecule has 0 radical (unpaired) electrons. The van der Waals surface area contributed by atoms with Crippen LogP contribution in [0.25, 0.3) is 0 Å². The molecule has 0 aliphatic heterocycles. The minimum Gasteiger partial charge on any atom is -0.315 e. The molecule has 0 saturated heterocycles. The Morgan fingerprint density at radius 1 is 1.19 bits per heavy atom. The molecular weight excluding hydrogens is 214 g/mol. The second-order valence-electron chi connectivity index (χ2n) is 4.73. The third kappa shape index (κ3) is 5.57. The van der Waals surface area contributed by atoms with Crippen LogP contribution in [-0.2, 0) is 6.42 Å². The molecule has 0 atom stereocenters. The van der Waals surface area contributed by atoms with Gasteiger partial charge in [0.25, 0.3) is 0 Å². The van der Waals surface area contributed by atoms with Crippen LogP contribution in [0.4, 0.5) is 0 Å². The standard InChI is InChI=1S/C14H23NS/c1-14(2,16-3)12-15-11-7-10-13-8-5-4-6-9-13/h4-6,8-9,15H,7,10-12H2,1-3H3. The van der Waals surface area contributed by atoms with Gasteiger partial charge in [0.05, 0.1) is 0 Å². The van der Waals surface area contributed by atoms with Gasteiger partial charge in [-0.3, -0.25) is 0 Å². The van der Waals surface area contributed by atoms with E-state index in [2.05, 4.69) is 55.8 Å². The molecule has 2 heteroatoms. The zero-order valence-corrected chi connectivity index (χ0v) is 11.4. The summed E-state index contributed by atoms with van der Waals surface area (Å²) in [6, 6.07) is 10.7. The highest BCUT2D eigenvalue weighted by atomic mass is 32.2. The van der Waals surface area contributed by atoms with Crippen LogP contribution in [0.5, 0.6) is 0 Å². The summed E-state index contributed by atoms with van der Waals surface area (Å²) >= 11 is 1.92. The minimum atomic E-state index is 0.354. The fraction of sp³-hybridized carbons (Fsp3) is 0.571. The van der Waals surface area contributed by atoms with Crippen LogP contribution in [0.2, 0.25) is 0 Å². The molecule has 0 amide bonds. The molecule has 0 unspecified atom stereocenters. The van der Waals surface area contributed by atoms with Crippen molar-refractivity contribution < 1.29 is 0 Å². The Morgan fingerprint density at radius 2 is 1.88 bits per heavy atom. The first kappa shape index (κ1) is 13.6. The molecule has 0 fully saturated rings. The molecule has 0 spiro atoms. The summed E-state index contributed by atoms with van der Waals surface area (Å²) in [4.78, 5) is 0. The van der Waals surface area contributed by atoms with E-state index in [1.807, 2.05) is 11.8 Å². The predicted molar refractivity (Wildman–Crippen MR) is 75.2 cm³/mol. The fourth-order valence-electron chi connectivity index (χ4n) is 1.52. The van der Waals surface area contributed by atoms with Crippen molar-refractivity contribution in [2.45, 2.75) is 31.4 Å². The van der Waals surface area contributed by atoms with E-state index in [-0.39, 0.29) is 0 Å². The molecule has 1 aromatic rings. The Bertz CT molecular complexity index is 282. The van der Waals surface area contributed by atoms with Crippen molar-refractivity contribution in [3.8, 4) is 0 Å². The topological polar surface area (TPSA) is 12.0 Å². The number of aryl methyl sites for hydroxylation is 1. The van der Waals surface area contributed by atoms with Crippen LogP contribution in [0.1, 0.15) is 25.8 Å². The van der Waals surface area contributed by atoms with E-state index in [0.717, 1.165) is 13.1 Å². The molecule has 0 saturated carbocycles. The number of rotatable bonds is 7. The first-order valence-corrected chi connectivity index (χ1v) is 7.16. The van der Waals surface area contributed by atoms with E-state index in [1.54, 1.807) is 0 Å². The summed E-state index contributed by atoms with van der Waals surface area (Å²) in [5.41, 5.74) is 1.44. The number of hydrogen-bond donors (Lipinski definition) is 1. The van der Waals surface area contributed by atoms with Crippen LogP contribution in [0.15, 0.2) is 30.3 Å². The second-order valence-corrected chi connectivity index (χ2v) is 6.24. The average Bonchev–Trinajstić information content (AvgIpc) is 2.30. The van der Waals surface area contributed by atoms with Crippen molar-refractivity contribution in [3.05, 3.63) is 35.9 Å². The summed E-state index contributed by atoms with van der Waals surface area (Å²) in [6.07, 6.45) is 4.56. The van der Waals surface area contributed by atoms with Gasteiger partial charge in [-0.1, -0.05) is 30.3 Å². The minimum absolute atomic E-state index is 0.354. The SMILES string of the molecule is CSC(C)(C)CNCCCc1ccccc1. The van der Waals surface area contributed by atoms with Crippen molar-refractivity contribution in [1.29, 1.82) is 0 Å². The zero-order chi connectivity index (χ0) is 11.9. The monoisotopic (exact) mass is 237 g/mol. The Balaban J connectivity index is 2.09. The highest BCUT2D eigenvalue weighted by Gasteiger charge is 2.14. The van der Waals surface area contributed by atoms with Gasteiger partial charge in [-0.2, -0.15) is 11.8 Å². The summed E-state index contributed by atoms with van der Waals surface area (Å²) in [5.74, 6) is 0. The van der Waals surface area contributed by atoms with Crippen LogP contribution in [0.3, 0.4) is 0 Å². The van der Waals surface area contributed by atoms with Crippen molar-refractivity contribution in [3.63, 3.8) is 0 Å². The molecule has 0 aromatic heterocycles. The quantitative estimate of drug-likeness (QED) is 0.730. The molecule has 0 aliphatic rings. The summed E-state index contributed by atoms with van der Waals surface area (Å²) in [7, 11) is 0. The van der Waals surface area contributed by atoms with E-state index in [1.165, 1.54) is 18.4 Å². The van der Waals surface area contributed by atoms with E-state index in [4.69, 9.17) is 0 Å². The van der Waals surface area contributed by atoms with Gasteiger partial charge in [0.2, 0.25) is 0 Å². The predicted octanol–water partition coefficient (Wildman–Crippen LogP) is 3.35. The maximum atomic E-state index is 3.53. The second kappa shape index (κ2) is 6.97. The molecule has 0 heterocycles. The Hall–Kier alpha value is -0.470. The largest absolute Gasteiger partial charge is 0.315 e. The van der Waals surface area contributed by atoms with Gasteiger partial charge in [-0.25, -0.2) is 0 Å². The van der Waals surface area contributed by atoms with E-state index >= 15 is 0 Å². The lowest BCUT2D eigenvalue weighted by Crippen LogP contribution is -2.32. The van der Waals surface area contributed by atoms with Gasteiger partial charge in [0, 0.05) is 11.3 Å². The van der Waals surface area contributed by atoms with Gasteiger partial charge in [0.15, 0.2) is 0 Å². The first-order valence-electron chi connectivity index (χ1n) is 5.94. The molecule has 0 bridgehead atoms. The number of hydrogen-bond acceptors (Lipinski definition) is 2. The van der Waals surface area contributed by atoms with Gasteiger partial charge in [0.1, 0.15) is 0 Å². The van der Waals surface area contributed by atoms with Crippen molar-refractivity contribution in [2.75, 3.05) is 19.3 Å². The normalized spacial score (nSPS) is 11.7. The van der Waals surface area contributed by atoms with Gasteiger partial charge < -0.3 is 5.32 Å². The fourth-order valence-corrected chi connectivity index (χ4v) is 1.77. The molecule has 16 heavy (non-hydrogen) atoms. The summed E-state index contributed by atoms with van der Waals surface area (Å²) in [6.45, 7) is 6.76. The maximum absolute atomic E-state index is 3.53. The number of nitrogens with one attached hydrogen (secondary N) is 1. The lowest BCUT2D eigenvalue weighted by atomic mass is 10.1. The summed E-state index contributed by atoms with van der Waals surface area (Å²) < 4.78 is 0.354. The van der Waals surface area contributed by atoms with Crippen LogP contribution < -0.4 is 5.32 Å². The Labute approximate surface area is 104 Å². The van der Waals surface area contributed by atoms with E-state index < -0.39 is 0 Å². The summed E-state index contributed by atoms with van der Waals surface area (Å²) in [5, 5.41) is 3.53. The van der Waals surface area contributed by atoms with E-state index in [9.17, 15) is 0 Å². The first-order chi connectivity index (χ1) is 7.64. The maximum Gasteiger partial charge on any atom is 0.0225 e. The van der Waals surface area contributed by atoms with Gasteiger partial charge in [-0.15, -0.1) is 0 Å². The molecular formula is C14H23NS. The molecule has 90 valence electrons. The Morgan fingerprint density at radius 3 is 2.50 bits per heavy atom. The highest BCUT2D eigenvalue weighted by molar-refractivity contribution is 7.99. The molecule has 1 aromatic carbocycles. The van der Waals surface area contributed by atoms with Crippen LogP contribution in [-0.4, -0.2) is 24.1 Å². The van der Waals surface area contributed by atoms with Crippen molar-refractivity contribution in [2.24, 2.45) is 0 Å². The third-order valence-corrected chi connectivity index (χ3v) is 4.01. The van der Waals surface area contributed by atoms with E-state index in [0.29, 0.717) is 4.75 Å². The zero-order valence-electron chi connectivity index (χ0n) is 10.6. The molecule has 1 nitrogen and oxygen atoms in total. The molecule has 1 N–H and O–H groups in total.